The van der Waals surface area contributed by atoms with Crippen molar-refractivity contribution in [3.63, 3.8) is 0 Å². The molecule has 0 saturated carbocycles. The number of nitrogens with zero attached hydrogens (tertiary/aromatic N) is 2. The molecule has 0 aliphatic heterocycles. The van der Waals surface area contributed by atoms with Crippen molar-refractivity contribution >= 4 is 17.6 Å². The van der Waals surface area contributed by atoms with Gasteiger partial charge in [0.2, 0.25) is 0 Å². The van der Waals surface area contributed by atoms with Gasteiger partial charge in [0.1, 0.15) is 10.8 Å². The van der Waals surface area contributed by atoms with Gasteiger partial charge in [-0.15, -0.1) is 0 Å². The number of oxime groups is 1. The molecule has 2 rings (SSSR count). The highest BCUT2D eigenvalue weighted by Crippen LogP contribution is 2.29. The van der Waals surface area contributed by atoms with Gasteiger partial charge < -0.3 is 10.9 Å². The highest BCUT2D eigenvalue weighted by Gasteiger charge is 2.09. The molecule has 20 heavy (non-hydrogen) atoms. The van der Waals surface area contributed by atoms with Crippen LogP contribution >= 0.6 is 11.8 Å². The molecule has 0 aliphatic carbocycles. The lowest BCUT2D eigenvalue weighted by molar-refractivity contribution is 0.318. The molecule has 3 N–H and O–H groups in total. The quantitative estimate of drug-likeness (QED) is 0.394. The Balaban J connectivity index is 2.30. The topological polar surface area (TPSA) is 71.5 Å². The molecule has 0 atom stereocenters. The monoisotopic (exact) mass is 291 g/mol. The first-order valence-electron chi connectivity index (χ1n) is 5.90. The van der Waals surface area contributed by atoms with Crippen LogP contribution < -0.4 is 5.73 Å². The number of pyridine rings is 1. The summed E-state index contributed by atoms with van der Waals surface area (Å²) in [6.07, 6.45) is 0. The normalized spacial score (nSPS) is 11.7. The van der Waals surface area contributed by atoms with Crippen molar-refractivity contribution in [3.8, 4) is 0 Å². The maximum atomic E-state index is 14.0. The Bertz CT molecular complexity index is 653. The Labute approximate surface area is 120 Å². The predicted octanol–water partition coefficient (Wildman–Crippen LogP) is 3.08. The van der Waals surface area contributed by atoms with E-state index in [1.165, 1.54) is 17.8 Å². The Morgan fingerprint density at radius 2 is 2.05 bits per heavy atom. The molecule has 0 bridgehead atoms. The van der Waals surface area contributed by atoms with Crippen molar-refractivity contribution < 1.29 is 9.60 Å². The van der Waals surface area contributed by atoms with Gasteiger partial charge in [0.05, 0.1) is 0 Å². The molecule has 0 fully saturated rings. The second kappa shape index (κ2) is 5.92. The number of aromatic nitrogens is 1. The first-order valence-corrected chi connectivity index (χ1v) is 6.72. The van der Waals surface area contributed by atoms with Crippen LogP contribution in [0.25, 0.3) is 0 Å². The van der Waals surface area contributed by atoms with Crippen molar-refractivity contribution in [2.45, 2.75) is 23.8 Å². The van der Waals surface area contributed by atoms with E-state index in [0.717, 1.165) is 16.3 Å². The largest absolute Gasteiger partial charge is 0.409 e. The van der Waals surface area contributed by atoms with Crippen molar-refractivity contribution in [1.29, 1.82) is 0 Å². The van der Waals surface area contributed by atoms with E-state index in [4.69, 9.17) is 10.9 Å². The Morgan fingerprint density at radius 1 is 1.30 bits per heavy atom. The molecule has 1 heterocycles. The smallest absolute Gasteiger partial charge is 0.170 e. The summed E-state index contributed by atoms with van der Waals surface area (Å²) in [7, 11) is 0. The van der Waals surface area contributed by atoms with Crippen molar-refractivity contribution in [3.05, 3.63) is 53.0 Å². The molecule has 104 valence electrons. The molecular weight excluding hydrogens is 277 g/mol. The summed E-state index contributed by atoms with van der Waals surface area (Å²) in [6, 6.07) is 8.28. The van der Waals surface area contributed by atoms with E-state index in [2.05, 4.69) is 10.1 Å². The molecule has 0 unspecified atom stereocenters. The van der Waals surface area contributed by atoms with Gasteiger partial charge in [-0.25, -0.2) is 9.37 Å². The SMILES string of the molecule is Cc1cc(C)nc(Sc2ccc(/C(N)=N/O)cc2F)c1. The first kappa shape index (κ1) is 14.3. The van der Waals surface area contributed by atoms with Gasteiger partial charge in [0.15, 0.2) is 5.84 Å². The molecule has 0 saturated heterocycles. The maximum Gasteiger partial charge on any atom is 0.170 e. The molecule has 0 amide bonds. The number of hydrogen-bond donors (Lipinski definition) is 2. The van der Waals surface area contributed by atoms with E-state index in [9.17, 15) is 4.39 Å². The summed E-state index contributed by atoms with van der Waals surface area (Å²) in [5, 5.41) is 12.1. The molecule has 4 nitrogen and oxygen atoms in total. The number of aryl methyl sites for hydroxylation is 2. The van der Waals surface area contributed by atoms with Crippen molar-refractivity contribution in [1.82, 2.24) is 4.98 Å². The van der Waals surface area contributed by atoms with Crippen molar-refractivity contribution in [2.24, 2.45) is 10.9 Å². The van der Waals surface area contributed by atoms with E-state index in [-0.39, 0.29) is 5.84 Å². The molecule has 1 aromatic carbocycles. The zero-order chi connectivity index (χ0) is 14.7. The van der Waals surface area contributed by atoms with E-state index >= 15 is 0 Å². The average molecular weight is 291 g/mol. The third kappa shape index (κ3) is 3.27. The maximum absolute atomic E-state index is 14.0. The fourth-order valence-corrected chi connectivity index (χ4v) is 2.72. The van der Waals surface area contributed by atoms with Crippen LogP contribution in [0.2, 0.25) is 0 Å². The van der Waals surface area contributed by atoms with E-state index in [0.29, 0.717) is 10.5 Å². The summed E-state index contributed by atoms with van der Waals surface area (Å²) >= 11 is 1.24. The fraction of sp³-hybridized carbons (Fsp3) is 0.143. The van der Waals surface area contributed by atoms with Crippen LogP contribution in [-0.2, 0) is 0 Å². The number of benzene rings is 1. The minimum Gasteiger partial charge on any atom is -0.409 e. The lowest BCUT2D eigenvalue weighted by atomic mass is 10.2. The summed E-state index contributed by atoms with van der Waals surface area (Å²) in [5.41, 5.74) is 7.72. The number of nitrogens with two attached hydrogens (primary N) is 1. The van der Waals surface area contributed by atoms with Gasteiger partial charge in [0.25, 0.3) is 0 Å². The Kier molecular flexibility index (Phi) is 4.24. The highest BCUT2D eigenvalue weighted by atomic mass is 32.2. The minimum atomic E-state index is -0.431. The lowest BCUT2D eigenvalue weighted by Gasteiger charge is -2.06. The number of hydrogen-bond acceptors (Lipinski definition) is 4. The van der Waals surface area contributed by atoms with Crippen LogP contribution in [0.5, 0.6) is 0 Å². The van der Waals surface area contributed by atoms with Crippen molar-refractivity contribution in [2.75, 3.05) is 0 Å². The first-order chi connectivity index (χ1) is 9.49. The molecule has 1 aromatic heterocycles. The van der Waals surface area contributed by atoms with Gasteiger partial charge >= 0.3 is 0 Å². The highest BCUT2D eigenvalue weighted by molar-refractivity contribution is 7.99. The van der Waals surface area contributed by atoms with Crippen LogP contribution in [0.3, 0.4) is 0 Å². The average Bonchev–Trinajstić information content (AvgIpc) is 2.39. The molecule has 0 radical (unpaired) electrons. The lowest BCUT2D eigenvalue weighted by Crippen LogP contribution is -2.13. The van der Waals surface area contributed by atoms with E-state index < -0.39 is 5.82 Å². The van der Waals surface area contributed by atoms with Crippen LogP contribution in [0.15, 0.2) is 45.4 Å². The standard InChI is InChI=1S/C14H14FN3OS/c1-8-5-9(2)17-13(6-8)20-12-4-3-10(7-11(12)15)14(16)18-19/h3-7,19H,1-2H3,(H2,16,18). The summed E-state index contributed by atoms with van der Waals surface area (Å²) in [4.78, 5) is 4.79. The summed E-state index contributed by atoms with van der Waals surface area (Å²) in [6.45, 7) is 3.87. The predicted molar refractivity (Wildman–Crippen MR) is 76.7 cm³/mol. The summed E-state index contributed by atoms with van der Waals surface area (Å²) in [5.74, 6) is -0.551. The molecule has 0 aliphatic rings. The minimum absolute atomic E-state index is 0.120. The van der Waals surface area contributed by atoms with Gasteiger partial charge in [-0.05, 0) is 49.7 Å². The van der Waals surface area contributed by atoms with Crippen LogP contribution in [0.4, 0.5) is 4.39 Å². The van der Waals surface area contributed by atoms with Gasteiger partial charge in [-0.2, -0.15) is 0 Å². The molecule has 0 spiro atoms. The Morgan fingerprint density at radius 3 is 2.65 bits per heavy atom. The second-order valence-corrected chi connectivity index (χ2v) is 5.42. The van der Waals surface area contributed by atoms with E-state index in [1.54, 1.807) is 12.1 Å². The second-order valence-electron chi connectivity index (χ2n) is 4.36. The zero-order valence-electron chi connectivity index (χ0n) is 11.1. The zero-order valence-corrected chi connectivity index (χ0v) is 11.9. The van der Waals surface area contributed by atoms with Crippen LogP contribution in [0.1, 0.15) is 16.8 Å². The molecule has 6 heteroatoms. The third-order valence-corrected chi connectivity index (χ3v) is 3.59. The van der Waals surface area contributed by atoms with E-state index in [1.807, 2.05) is 26.0 Å². The molecule has 2 aromatic rings. The number of amidine groups is 1. The van der Waals surface area contributed by atoms with Crippen LogP contribution in [-0.4, -0.2) is 16.0 Å². The van der Waals surface area contributed by atoms with Crippen LogP contribution in [0, 0.1) is 19.7 Å². The number of halogens is 1. The fourth-order valence-electron chi connectivity index (χ4n) is 1.77. The summed E-state index contributed by atoms with van der Waals surface area (Å²) < 4.78 is 14.0. The van der Waals surface area contributed by atoms with Gasteiger partial charge in [0, 0.05) is 16.2 Å². The van der Waals surface area contributed by atoms with Gasteiger partial charge in [-0.3, -0.25) is 0 Å². The third-order valence-electron chi connectivity index (χ3n) is 2.62. The molecular formula is C14H14FN3OS. The van der Waals surface area contributed by atoms with Gasteiger partial charge in [-0.1, -0.05) is 16.9 Å². The Hall–Kier alpha value is -2.08. The number of rotatable bonds is 3.